The summed E-state index contributed by atoms with van der Waals surface area (Å²) in [7, 11) is 1.50. The van der Waals surface area contributed by atoms with Gasteiger partial charge in [0.2, 0.25) is 5.91 Å². The number of anilines is 1. The molecule has 1 amide bonds. The second-order valence-electron chi connectivity index (χ2n) is 5.02. The van der Waals surface area contributed by atoms with E-state index in [1.165, 1.54) is 13.2 Å². The van der Waals surface area contributed by atoms with Crippen molar-refractivity contribution in [3.05, 3.63) is 45.8 Å². The lowest BCUT2D eigenvalue weighted by molar-refractivity contribution is -0.118. The number of halogens is 1. The molecule has 1 heterocycles. The van der Waals surface area contributed by atoms with Crippen molar-refractivity contribution >= 4 is 23.2 Å². The molecule has 0 unspecified atom stereocenters. The number of ether oxygens (including phenoxy) is 1. The number of carbonyl (C=O) groups excluding carboxylic acids is 1. The predicted molar refractivity (Wildman–Crippen MR) is 84.5 cm³/mol. The van der Waals surface area contributed by atoms with Crippen molar-refractivity contribution in [3.63, 3.8) is 0 Å². The number of aryl methyl sites for hydroxylation is 1. The number of rotatable bonds is 4. The molecule has 1 aromatic carbocycles. The molecule has 2 aromatic rings. The largest absolute Gasteiger partial charge is 0.454 e. The maximum atomic E-state index is 11.7. The topological polar surface area (TPSA) is 73.2 Å². The van der Waals surface area contributed by atoms with Crippen LogP contribution in [0.1, 0.15) is 13.8 Å². The summed E-state index contributed by atoms with van der Waals surface area (Å²) in [5, 5.41) is 6.59. The van der Waals surface area contributed by atoms with Crippen LogP contribution in [0.3, 0.4) is 0 Å². The highest BCUT2D eigenvalue weighted by Gasteiger charge is 2.10. The Bertz CT molecular complexity index is 739. The van der Waals surface area contributed by atoms with Crippen molar-refractivity contribution < 1.29 is 9.53 Å². The van der Waals surface area contributed by atoms with Crippen LogP contribution >= 0.6 is 11.6 Å². The second-order valence-corrected chi connectivity index (χ2v) is 5.40. The number of benzene rings is 1. The van der Waals surface area contributed by atoms with Crippen molar-refractivity contribution in [2.75, 3.05) is 5.32 Å². The Morgan fingerprint density at radius 3 is 2.55 bits per heavy atom. The van der Waals surface area contributed by atoms with Gasteiger partial charge in [-0.25, -0.2) is 4.68 Å². The highest BCUT2D eigenvalue weighted by atomic mass is 35.5. The number of hydrogen-bond donors (Lipinski definition) is 1. The molecule has 0 atom stereocenters. The summed E-state index contributed by atoms with van der Waals surface area (Å²) in [5.41, 5.74) is 0.235. The van der Waals surface area contributed by atoms with E-state index in [1.807, 2.05) is 13.8 Å². The van der Waals surface area contributed by atoms with Gasteiger partial charge in [0, 0.05) is 18.7 Å². The van der Waals surface area contributed by atoms with Crippen LogP contribution < -0.4 is 15.6 Å². The lowest BCUT2D eigenvalue weighted by atomic mass is 10.2. The first-order chi connectivity index (χ1) is 10.4. The zero-order chi connectivity index (χ0) is 16.3. The van der Waals surface area contributed by atoms with Gasteiger partial charge in [-0.1, -0.05) is 25.4 Å². The molecule has 0 bridgehead atoms. The SMILES string of the molecule is CC(C)C(=O)Nc1ccc(Oc2cnn(C)c(=O)c2Cl)cc1. The molecule has 1 N–H and O–H groups in total. The quantitative estimate of drug-likeness (QED) is 0.939. The third-order valence-corrected chi connectivity index (χ3v) is 3.27. The number of nitrogens with one attached hydrogen (secondary N) is 1. The molecular weight excluding hydrogens is 306 g/mol. The Kier molecular flexibility index (Phi) is 4.82. The summed E-state index contributed by atoms with van der Waals surface area (Å²) < 4.78 is 6.66. The van der Waals surface area contributed by atoms with Crippen molar-refractivity contribution in [2.45, 2.75) is 13.8 Å². The Hall–Kier alpha value is -2.34. The molecule has 22 heavy (non-hydrogen) atoms. The highest BCUT2D eigenvalue weighted by Crippen LogP contribution is 2.26. The van der Waals surface area contributed by atoms with Gasteiger partial charge >= 0.3 is 0 Å². The van der Waals surface area contributed by atoms with Crippen molar-refractivity contribution in [3.8, 4) is 11.5 Å². The molecule has 7 heteroatoms. The number of aromatic nitrogens is 2. The maximum Gasteiger partial charge on any atom is 0.289 e. The van der Waals surface area contributed by atoms with Gasteiger partial charge in [-0.05, 0) is 24.3 Å². The molecule has 0 radical (unpaired) electrons. The molecule has 0 fully saturated rings. The van der Waals surface area contributed by atoms with Gasteiger partial charge in [0.25, 0.3) is 5.56 Å². The van der Waals surface area contributed by atoms with E-state index in [4.69, 9.17) is 16.3 Å². The number of nitrogens with zero attached hydrogens (tertiary/aromatic N) is 2. The summed E-state index contributed by atoms with van der Waals surface area (Å²) in [6.07, 6.45) is 1.37. The summed E-state index contributed by atoms with van der Waals surface area (Å²) in [5.74, 6) is 0.511. The standard InChI is InChI=1S/C15H16ClN3O3/c1-9(2)14(20)18-10-4-6-11(7-5-10)22-12-8-17-19(3)15(21)13(12)16/h4-9H,1-3H3,(H,18,20). The normalized spacial score (nSPS) is 10.6. The molecule has 0 saturated heterocycles. The lowest BCUT2D eigenvalue weighted by Crippen LogP contribution is -2.19. The molecule has 1 aromatic heterocycles. The minimum atomic E-state index is -0.431. The van der Waals surface area contributed by atoms with E-state index in [0.717, 1.165) is 4.68 Å². The van der Waals surface area contributed by atoms with Crippen molar-refractivity contribution in [1.82, 2.24) is 9.78 Å². The first kappa shape index (κ1) is 16.0. The minimum Gasteiger partial charge on any atom is -0.454 e. The van der Waals surface area contributed by atoms with Gasteiger partial charge in [0.15, 0.2) is 10.8 Å². The first-order valence-electron chi connectivity index (χ1n) is 6.69. The van der Waals surface area contributed by atoms with Crippen LogP contribution in [0.4, 0.5) is 5.69 Å². The summed E-state index contributed by atoms with van der Waals surface area (Å²) in [4.78, 5) is 23.3. The van der Waals surface area contributed by atoms with Crippen LogP contribution in [0.5, 0.6) is 11.5 Å². The summed E-state index contributed by atoms with van der Waals surface area (Å²) >= 11 is 5.93. The Balaban J connectivity index is 2.14. The van der Waals surface area contributed by atoms with Gasteiger partial charge in [-0.15, -0.1) is 0 Å². The molecule has 0 spiro atoms. The fourth-order valence-electron chi connectivity index (χ4n) is 1.59. The van der Waals surface area contributed by atoms with Crippen LogP contribution in [0.25, 0.3) is 0 Å². The van der Waals surface area contributed by atoms with E-state index in [-0.39, 0.29) is 22.6 Å². The molecular formula is C15H16ClN3O3. The molecule has 0 aliphatic carbocycles. The molecule has 0 saturated carbocycles. The van der Waals surface area contributed by atoms with Gasteiger partial charge in [-0.3, -0.25) is 9.59 Å². The van der Waals surface area contributed by atoms with Crippen molar-refractivity contribution in [1.29, 1.82) is 0 Å². The third-order valence-electron chi connectivity index (χ3n) is 2.92. The van der Waals surface area contributed by atoms with Crippen LogP contribution in [-0.4, -0.2) is 15.7 Å². The van der Waals surface area contributed by atoms with Crippen LogP contribution in [-0.2, 0) is 11.8 Å². The second kappa shape index (κ2) is 6.62. The molecule has 6 nitrogen and oxygen atoms in total. The van der Waals surface area contributed by atoms with E-state index in [9.17, 15) is 9.59 Å². The third kappa shape index (κ3) is 3.65. The minimum absolute atomic E-state index is 0.0327. The summed E-state index contributed by atoms with van der Waals surface area (Å²) in [6, 6.07) is 6.75. The van der Waals surface area contributed by atoms with E-state index in [1.54, 1.807) is 24.3 Å². The Morgan fingerprint density at radius 2 is 1.95 bits per heavy atom. The average molecular weight is 322 g/mol. The van der Waals surface area contributed by atoms with Crippen molar-refractivity contribution in [2.24, 2.45) is 13.0 Å². The van der Waals surface area contributed by atoms with Gasteiger partial charge in [-0.2, -0.15) is 5.10 Å². The smallest absolute Gasteiger partial charge is 0.289 e. The average Bonchev–Trinajstić information content (AvgIpc) is 2.49. The van der Waals surface area contributed by atoms with Gasteiger partial charge in [0.1, 0.15) is 5.75 Å². The Morgan fingerprint density at radius 1 is 1.32 bits per heavy atom. The van der Waals surface area contributed by atoms with Crippen LogP contribution in [0, 0.1) is 5.92 Å². The summed E-state index contributed by atoms with van der Waals surface area (Å²) in [6.45, 7) is 3.63. The van der Waals surface area contributed by atoms with Crippen LogP contribution in [0.2, 0.25) is 5.02 Å². The zero-order valence-electron chi connectivity index (χ0n) is 12.5. The van der Waals surface area contributed by atoms with E-state index in [0.29, 0.717) is 11.4 Å². The van der Waals surface area contributed by atoms with E-state index < -0.39 is 5.56 Å². The van der Waals surface area contributed by atoms with E-state index >= 15 is 0 Å². The lowest BCUT2D eigenvalue weighted by Gasteiger charge is -2.10. The molecule has 0 aliphatic rings. The number of hydrogen-bond acceptors (Lipinski definition) is 4. The predicted octanol–water partition coefficient (Wildman–Crippen LogP) is 2.82. The molecule has 2 rings (SSSR count). The monoisotopic (exact) mass is 321 g/mol. The van der Waals surface area contributed by atoms with Crippen LogP contribution in [0.15, 0.2) is 35.3 Å². The highest BCUT2D eigenvalue weighted by molar-refractivity contribution is 6.31. The number of carbonyl (C=O) groups is 1. The first-order valence-corrected chi connectivity index (χ1v) is 7.07. The van der Waals surface area contributed by atoms with Gasteiger partial charge in [0.05, 0.1) is 6.20 Å². The molecule has 0 aliphatic heterocycles. The maximum absolute atomic E-state index is 11.7. The fourth-order valence-corrected chi connectivity index (χ4v) is 1.80. The Labute approximate surface area is 132 Å². The zero-order valence-corrected chi connectivity index (χ0v) is 13.2. The number of amides is 1. The van der Waals surface area contributed by atoms with E-state index in [2.05, 4.69) is 10.4 Å². The van der Waals surface area contributed by atoms with Gasteiger partial charge < -0.3 is 10.1 Å². The molecule has 116 valence electrons. The fraction of sp³-hybridized carbons (Fsp3) is 0.267.